The monoisotopic (exact) mass is 238 g/mol. The summed E-state index contributed by atoms with van der Waals surface area (Å²) in [6, 6.07) is 9.35. The molecule has 0 spiro atoms. The van der Waals surface area contributed by atoms with Gasteiger partial charge in [0.25, 0.3) is 5.91 Å². The fourth-order valence-electron chi connectivity index (χ4n) is 1.99. The summed E-state index contributed by atoms with van der Waals surface area (Å²) in [6.45, 7) is 0. The van der Waals surface area contributed by atoms with Crippen molar-refractivity contribution in [3.05, 3.63) is 54.6 Å². The third kappa shape index (κ3) is 1.53. The molecular weight excluding hydrogens is 228 g/mol. The summed E-state index contributed by atoms with van der Waals surface area (Å²) < 4.78 is 1.83. The van der Waals surface area contributed by atoms with Gasteiger partial charge in [0.15, 0.2) is 0 Å². The second-order valence-electron chi connectivity index (χ2n) is 3.86. The molecule has 0 saturated heterocycles. The predicted molar refractivity (Wildman–Crippen MR) is 67.4 cm³/mol. The Morgan fingerprint density at radius 2 is 2.06 bits per heavy atom. The van der Waals surface area contributed by atoms with E-state index in [0.717, 1.165) is 10.9 Å². The molecule has 1 aromatic carbocycles. The number of amides is 1. The minimum Gasteiger partial charge on any atom is -0.366 e. The molecule has 3 aromatic rings. The number of nitrogens with two attached hydrogens (primary N) is 1. The number of nitrogens with zero attached hydrogens (tertiary/aromatic N) is 3. The zero-order valence-corrected chi connectivity index (χ0v) is 9.45. The molecule has 5 heteroatoms. The second kappa shape index (κ2) is 3.96. The van der Waals surface area contributed by atoms with Crippen LogP contribution in [0.1, 0.15) is 10.4 Å². The highest BCUT2D eigenvalue weighted by molar-refractivity contribution is 6.06. The smallest absolute Gasteiger partial charge is 0.250 e. The van der Waals surface area contributed by atoms with Gasteiger partial charge in [-0.15, -0.1) is 0 Å². The second-order valence-corrected chi connectivity index (χ2v) is 3.86. The predicted octanol–water partition coefficient (Wildman–Crippen LogP) is 1.52. The van der Waals surface area contributed by atoms with E-state index in [-0.39, 0.29) is 0 Å². The number of fused-ring (bicyclic) bond motifs is 1. The summed E-state index contributed by atoms with van der Waals surface area (Å²) in [4.78, 5) is 19.5. The molecule has 0 bridgehead atoms. The number of rotatable bonds is 2. The van der Waals surface area contributed by atoms with Gasteiger partial charge in [0.1, 0.15) is 12.1 Å². The number of carbonyl (C=O) groups excluding carboxylic acids is 1. The Kier molecular flexibility index (Phi) is 2.30. The van der Waals surface area contributed by atoms with Crippen LogP contribution in [0.5, 0.6) is 0 Å². The first-order valence-corrected chi connectivity index (χ1v) is 5.43. The van der Waals surface area contributed by atoms with E-state index in [1.165, 1.54) is 6.33 Å². The molecule has 0 radical (unpaired) electrons. The molecule has 2 aromatic heterocycles. The van der Waals surface area contributed by atoms with Gasteiger partial charge >= 0.3 is 0 Å². The Balaban J connectivity index is 2.34. The summed E-state index contributed by atoms with van der Waals surface area (Å²) in [5.41, 5.74) is 6.77. The topological polar surface area (TPSA) is 73.8 Å². The lowest BCUT2D eigenvalue weighted by Crippen LogP contribution is -2.10. The van der Waals surface area contributed by atoms with E-state index >= 15 is 0 Å². The first-order chi connectivity index (χ1) is 8.77. The maximum absolute atomic E-state index is 11.4. The standard InChI is InChI=1S/C13H10N4O/c14-13(18)10-7-17(12-5-6-15-8-16-12)11-4-2-1-3-9(10)11/h1-8H,(H2,14,18). The van der Waals surface area contributed by atoms with Crippen molar-refractivity contribution in [1.29, 1.82) is 0 Å². The zero-order chi connectivity index (χ0) is 12.5. The first kappa shape index (κ1) is 10.5. The van der Waals surface area contributed by atoms with E-state index in [1.807, 2.05) is 28.8 Å². The van der Waals surface area contributed by atoms with Crippen LogP contribution in [0.25, 0.3) is 16.7 Å². The number of primary amides is 1. The van der Waals surface area contributed by atoms with Gasteiger partial charge in [0.2, 0.25) is 0 Å². The highest BCUT2D eigenvalue weighted by atomic mass is 16.1. The van der Waals surface area contributed by atoms with Crippen LogP contribution in [0.3, 0.4) is 0 Å². The van der Waals surface area contributed by atoms with Crippen LogP contribution in [-0.4, -0.2) is 20.4 Å². The Hall–Kier alpha value is -2.69. The number of benzene rings is 1. The van der Waals surface area contributed by atoms with E-state index in [2.05, 4.69) is 9.97 Å². The highest BCUT2D eigenvalue weighted by Crippen LogP contribution is 2.23. The molecule has 0 aliphatic heterocycles. The third-order valence-corrected chi connectivity index (χ3v) is 2.79. The van der Waals surface area contributed by atoms with Crippen molar-refractivity contribution in [2.24, 2.45) is 5.73 Å². The lowest BCUT2D eigenvalue weighted by Gasteiger charge is -2.02. The van der Waals surface area contributed by atoms with Gasteiger partial charge in [0, 0.05) is 17.8 Å². The Morgan fingerprint density at radius 3 is 2.78 bits per heavy atom. The van der Waals surface area contributed by atoms with Gasteiger partial charge in [-0.3, -0.25) is 4.79 Å². The lowest BCUT2D eigenvalue weighted by molar-refractivity contribution is 0.100. The first-order valence-electron chi connectivity index (χ1n) is 5.43. The maximum atomic E-state index is 11.4. The average Bonchev–Trinajstić information content (AvgIpc) is 2.79. The summed E-state index contributed by atoms with van der Waals surface area (Å²) in [5.74, 6) is 0.257. The van der Waals surface area contributed by atoms with Crippen molar-refractivity contribution in [3.8, 4) is 5.82 Å². The van der Waals surface area contributed by atoms with Crippen LogP contribution in [-0.2, 0) is 0 Å². The van der Waals surface area contributed by atoms with E-state index < -0.39 is 5.91 Å². The molecule has 0 aliphatic rings. The average molecular weight is 238 g/mol. The van der Waals surface area contributed by atoms with Crippen LogP contribution in [0, 0.1) is 0 Å². The molecule has 0 unspecified atom stereocenters. The number of para-hydroxylation sites is 1. The summed E-state index contributed by atoms with van der Waals surface area (Å²) in [5, 5.41) is 0.823. The van der Waals surface area contributed by atoms with Crippen molar-refractivity contribution in [3.63, 3.8) is 0 Å². The van der Waals surface area contributed by atoms with Gasteiger partial charge in [-0.05, 0) is 12.1 Å². The Labute approximate surface area is 103 Å². The van der Waals surface area contributed by atoms with Crippen LogP contribution in [0.4, 0.5) is 0 Å². The fraction of sp³-hybridized carbons (Fsp3) is 0. The van der Waals surface area contributed by atoms with E-state index in [0.29, 0.717) is 11.4 Å². The molecule has 0 aliphatic carbocycles. The van der Waals surface area contributed by atoms with Gasteiger partial charge < -0.3 is 10.3 Å². The van der Waals surface area contributed by atoms with Crippen molar-refractivity contribution in [2.45, 2.75) is 0 Å². The molecule has 88 valence electrons. The highest BCUT2D eigenvalue weighted by Gasteiger charge is 2.13. The molecule has 2 heterocycles. The number of carbonyl (C=O) groups is 1. The van der Waals surface area contributed by atoms with Gasteiger partial charge in [-0.1, -0.05) is 18.2 Å². The van der Waals surface area contributed by atoms with Crippen LogP contribution in [0.15, 0.2) is 49.1 Å². The van der Waals surface area contributed by atoms with Crippen molar-refractivity contribution in [1.82, 2.24) is 14.5 Å². The molecular formula is C13H10N4O. The Bertz CT molecular complexity index is 718. The minimum absolute atomic E-state index is 0.445. The molecule has 5 nitrogen and oxygen atoms in total. The normalized spacial score (nSPS) is 10.7. The molecule has 0 fully saturated rings. The van der Waals surface area contributed by atoms with Gasteiger partial charge in [-0.25, -0.2) is 9.97 Å². The zero-order valence-electron chi connectivity index (χ0n) is 9.45. The Morgan fingerprint density at radius 1 is 1.22 bits per heavy atom. The van der Waals surface area contributed by atoms with Crippen molar-refractivity contribution >= 4 is 16.8 Å². The van der Waals surface area contributed by atoms with Gasteiger partial charge in [-0.2, -0.15) is 0 Å². The maximum Gasteiger partial charge on any atom is 0.250 e. The lowest BCUT2D eigenvalue weighted by atomic mass is 10.2. The SMILES string of the molecule is NC(=O)c1cn(-c2ccncn2)c2ccccc12. The number of aromatic nitrogens is 3. The van der Waals surface area contributed by atoms with Crippen LogP contribution < -0.4 is 5.73 Å². The third-order valence-electron chi connectivity index (χ3n) is 2.79. The van der Waals surface area contributed by atoms with Crippen molar-refractivity contribution in [2.75, 3.05) is 0 Å². The van der Waals surface area contributed by atoms with Gasteiger partial charge in [0.05, 0.1) is 11.1 Å². The molecule has 18 heavy (non-hydrogen) atoms. The molecule has 3 rings (SSSR count). The number of hydrogen-bond donors (Lipinski definition) is 1. The van der Waals surface area contributed by atoms with Crippen LogP contribution in [0.2, 0.25) is 0 Å². The quantitative estimate of drug-likeness (QED) is 0.735. The van der Waals surface area contributed by atoms with E-state index in [9.17, 15) is 4.79 Å². The molecule has 2 N–H and O–H groups in total. The van der Waals surface area contributed by atoms with E-state index in [1.54, 1.807) is 18.5 Å². The molecule has 1 amide bonds. The largest absolute Gasteiger partial charge is 0.366 e. The van der Waals surface area contributed by atoms with E-state index in [4.69, 9.17) is 5.73 Å². The number of hydrogen-bond acceptors (Lipinski definition) is 3. The molecule has 0 atom stereocenters. The van der Waals surface area contributed by atoms with Crippen molar-refractivity contribution < 1.29 is 4.79 Å². The minimum atomic E-state index is -0.445. The summed E-state index contributed by atoms with van der Waals surface area (Å²) in [7, 11) is 0. The van der Waals surface area contributed by atoms with Crippen LogP contribution >= 0.6 is 0 Å². The molecule has 0 saturated carbocycles. The summed E-state index contributed by atoms with van der Waals surface area (Å²) in [6.07, 6.45) is 4.82. The summed E-state index contributed by atoms with van der Waals surface area (Å²) >= 11 is 0. The fourth-order valence-corrected chi connectivity index (χ4v) is 1.99.